The van der Waals surface area contributed by atoms with Crippen LogP contribution in [0.5, 0.6) is 0 Å². The summed E-state index contributed by atoms with van der Waals surface area (Å²) >= 11 is 0. The second kappa shape index (κ2) is 13.8. The molecular weight excluding hydrogens is 344 g/mol. The van der Waals surface area contributed by atoms with Gasteiger partial charge in [-0.05, 0) is 12.8 Å². The van der Waals surface area contributed by atoms with Gasteiger partial charge in [-0.25, -0.2) is 4.79 Å². The van der Waals surface area contributed by atoms with Crippen molar-refractivity contribution in [2.45, 2.75) is 103 Å². The molecule has 1 saturated heterocycles. The van der Waals surface area contributed by atoms with Crippen molar-refractivity contribution in [3.05, 3.63) is 11.6 Å². The number of rotatable bonds is 15. The number of hydrogen-bond acceptors (Lipinski definition) is 5. The molecular formula is C22H38O5. The quantitative estimate of drug-likeness (QED) is 0.249. The van der Waals surface area contributed by atoms with E-state index in [0.717, 1.165) is 12.8 Å². The predicted molar refractivity (Wildman–Crippen MR) is 106 cm³/mol. The zero-order chi connectivity index (χ0) is 20.0. The van der Waals surface area contributed by atoms with Gasteiger partial charge in [-0.15, -0.1) is 0 Å². The van der Waals surface area contributed by atoms with E-state index in [0.29, 0.717) is 12.0 Å². The van der Waals surface area contributed by atoms with E-state index in [1.165, 1.54) is 71.1 Å². The average Bonchev–Trinajstić information content (AvgIpc) is 2.97. The number of carbonyl (C=O) groups is 2. The fourth-order valence-corrected chi connectivity index (χ4v) is 3.41. The molecule has 1 heterocycles. The lowest BCUT2D eigenvalue weighted by Gasteiger charge is -2.23. The molecule has 1 N–H and O–H groups in total. The van der Waals surface area contributed by atoms with Gasteiger partial charge in [0.2, 0.25) is 0 Å². The number of aliphatic hydroxyl groups excluding tert-OH is 1. The van der Waals surface area contributed by atoms with Crippen LogP contribution in [0.1, 0.15) is 97.3 Å². The molecule has 0 saturated carbocycles. The van der Waals surface area contributed by atoms with E-state index in [-0.39, 0.29) is 13.2 Å². The molecule has 0 aliphatic carbocycles. The minimum Gasteiger partial charge on any atom is -0.462 e. The molecule has 5 nitrogen and oxygen atoms in total. The predicted octanol–water partition coefficient (Wildman–Crippen LogP) is 4.86. The van der Waals surface area contributed by atoms with Gasteiger partial charge in [-0.3, -0.25) is 4.79 Å². The second-order valence-electron chi connectivity index (χ2n) is 7.74. The third-order valence-electron chi connectivity index (χ3n) is 5.11. The SMILES string of the molecule is CCCCCCCCCCCCC/C=C1\C[C@](CO)(COC(C)=O)OC1=O. The first-order valence-corrected chi connectivity index (χ1v) is 10.7. The summed E-state index contributed by atoms with van der Waals surface area (Å²) in [7, 11) is 0. The van der Waals surface area contributed by atoms with Gasteiger partial charge in [0.05, 0.1) is 6.61 Å². The van der Waals surface area contributed by atoms with Crippen LogP contribution in [0.2, 0.25) is 0 Å². The molecule has 0 aromatic heterocycles. The van der Waals surface area contributed by atoms with E-state index >= 15 is 0 Å². The summed E-state index contributed by atoms with van der Waals surface area (Å²) < 4.78 is 10.2. The van der Waals surface area contributed by atoms with E-state index in [4.69, 9.17) is 9.47 Å². The van der Waals surface area contributed by atoms with Crippen LogP contribution in [0.15, 0.2) is 11.6 Å². The van der Waals surface area contributed by atoms with Crippen molar-refractivity contribution in [1.82, 2.24) is 0 Å². The van der Waals surface area contributed by atoms with E-state index in [1.807, 2.05) is 6.08 Å². The summed E-state index contributed by atoms with van der Waals surface area (Å²) in [5.41, 5.74) is -0.519. The van der Waals surface area contributed by atoms with Gasteiger partial charge in [-0.1, -0.05) is 77.2 Å². The molecule has 1 aliphatic heterocycles. The maximum absolute atomic E-state index is 12.0. The van der Waals surface area contributed by atoms with Crippen molar-refractivity contribution in [2.24, 2.45) is 0 Å². The first kappa shape index (κ1) is 23.7. The molecule has 1 aliphatic rings. The largest absolute Gasteiger partial charge is 0.462 e. The molecule has 0 radical (unpaired) electrons. The summed E-state index contributed by atoms with van der Waals surface area (Å²) in [5, 5.41) is 9.54. The molecule has 156 valence electrons. The van der Waals surface area contributed by atoms with Crippen LogP contribution >= 0.6 is 0 Å². The Bertz CT molecular complexity index is 471. The monoisotopic (exact) mass is 382 g/mol. The maximum Gasteiger partial charge on any atom is 0.334 e. The molecule has 0 spiro atoms. The fraction of sp³-hybridized carbons (Fsp3) is 0.818. The maximum atomic E-state index is 12.0. The number of allylic oxidation sites excluding steroid dienone is 1. The van der Waals surface area contributed by atoms with E-state index in [2.05, 4.69) is 6.92 Å². The first-order valence-electron chi connectivity index (χ1n) is 10.7. The lowest BCUT2D eigenvalue weighted by molar-refractivity contribution is -0.164. The zero-order valence-corrected chi connectivity index (χ0v) is 17.3. The van der Waals surface area contributed by atoms with Gasteiger partial charge >= 0.3 is 11.9 Å². The fourth-order valence-electron chi connectivity index (χ4n) is 3.41. The molecule has 1 atom stereocenters. The van der Waals surface area contributed by atoms with Gasteiger partial charge in [0.15, 0.2) is 5.60 Å². The van der Waals surface area contributed by atoms with Crippen LogP contribution < -0.4 is 0 Å². The number of cyclic esters (lactones) is 1. The van der Waals surface area contributed by atoms with Crippen LogP contribution in [-0.2, 0) is 19.1 Å². The van der Waals surface area contributed by atoms with Crippen molar-refractivity contribution in [3.63, 3.8) is 0 Å². The number of hydrogen-bond donors (Lipinski definition) is 1. The third kappa shape index (κ3) is 9.94. The number of aliphatic hydroxyl groups is 1. The van der Waals surface area contributed by atoms with Crippen molar-refractivity contribution < 1.29 is 24.2 Å². The molecule has 1 rings (SSSR count). The lowest BCUT2D eigenvalue weighted by atomic mass is 9.98. The number of carbonyl (C=O) groups excluding carboxylic acids is 2. The molecule has 0 bridgehead atoms. The highest BCUT2D eigenvalue weighted by molar-refractivity contribution is 5.91. The summed E-state index contributed by atoms with van der Waals surface area (Å²) in [6.45, 7) is 3.10. The second-order valence-corrected chi connectivity index (χ2v) is 7.74. The van der Waals surface area contributed by atoms with Crippen LogP contribution in [0.4, 0.5) is 0 Å². The minimum absolute atomic E-state index is 0.0969. The van der Waals surface area contributed by atoms with Gasteiger partial charge in [0.1, 0.15) is 6.61 Å². The molecule has 1 fully saturated rings. The lowest BCUT2D eigenvalue weighted by Crippen LogP contribution is -2.39. The van der Waals surface area contributed by atoms with Crippen molar-refractivity contribution in [1.29, 1.82) is 0 Å². The summed E-state index contributed by atoms with van der Waals surface area (Å²) in [6.07, 6.45) is 17.3. The standard InChI is InChI=1S/C22H38O5/c1-3-4-5-6-7-8-9-10-11-12-13-14-15-20-16-22(17-23,27-21(20)25)18-26-19(2)24/h15,23H,3-14,16-18H2,1-2H3/b20-15+/t22-/m0/s1. The average molecular weight is 383 g/mol. The number of unbranched alkanes of at least 4 members (excludes halogenated alkanes) is 11. The van der Waals surface area contributed by atoms with Crippen LogP contribution in [0, 0.1) is 0 Å². The highest BCUT2D eigenvalue weighted by Crippen LogP contribution is 2.31. The highest BCUT2D eigenvalue weighted by Gasteiger charge is 2.44. The van der Waals surface area contributed by atoms with E-state index < -0.39 is 17.5 Å². The van der Waals surface area contributed by atoms with E-state index in [1.54, 1.807) is 0 Å². The number of ether oxygens (including phenoxy) is 2. The Hall–Kier alpha value is -1.36. The van der Waals surface area contributed by atoms with E-state index in [9.17, 15) is 14.7 Å². The Morgan fingerprint density at radius 2 is 1.63 bits per heavy atom. The first-order chi connectivity index (χ1) is 13.0. The van der Waals surface area contributed by atoms with Crippen LogP contribution in [0.25, 0.3) is 0 Å². The summed E-state index contributed by atoms with van der Waals surface area (Å²) in [5.74, 6) is -0.850. The van der Waals surface area contributed by atoms with Gasteiger partial charge in [-0.2, -0.15) is 0 Å². The topological polar surface area (TPSA) is 72.8 Å². The zero-order valence-electron chi connectivity index (χ0n) is 17.3. The van der Waals surface area contributed by atoms with Crippen LogP contribution in [-0.4, -0.2) is 35.9 Å². The Morgan fingerprint density at radius 3 is 2.15 bits per heavy atom. The Labute approximate surface area is 164 Å². The van der Waals surface area contributed by atoms with Gasteiger partial charge in [0.25, 0.3) is 0 Å². The molecule has 0 aromatic rings. The van der Waals surface area contributed by atoms with Crippen molar-refractivity contribution >= 4 is 11.9 Å². The minimum atomic E-state index is -1.11. The normalized spacial score (nSPS) is 20.9. The van der Waals surface area contributed by atoms with Crippen molar-refractivity contribution in [3.8, 4) is 0 Å². The Kier molecular flexibility index (Phi) is 12.1. The van der Waals surface area contributed by atoms with Crippen molar-refractivity contribution in [2.75, 3.05) is 13.2 Å². The van der Waals surface area contributed by atoms with Gasteiger partial charge < -0.3 is 14.6 Å². The molecule has 0 unspecified atom stereocenters. The highest BCUT2D eigenvalue weighted by atomic mass is 16.6. The molecule has 27 heavy (non-hydrogen) atoms. The third-order valence-corrected chi connectivity index (χ3v) is 5.11. The smallest absolute Gasteiger partial charge is 0.334 e. The number of esters is 2. The Balaban J connectivity index is 2.13. The Morgan fingerprint density at radius 1 is 1.07 bits per heavy atom. The molecule has 0 amide bonds. The van der Waals surface area contributed by atoms with Crippen LogP contribution in [0.3, 0.4) is 0 Å². The molecule has 5 heteroatoms. The summed E-state index contributed by atoms with van der Waals surface area (Å²) in [4.78, 5) is 22.9. The summed E-state index contributed by atoms with van der Waals surface area (Å²) in [6, 6.07) is 0. The molecule has 0 aromatic carbocycles. The van der Waals surface area contributed by atoms with Gasteiger partial charge in [0, 0.05) is 18.9 Å².